The number of rotatable bonds is 4. The number of fused-ring (bicyclic) bond motifs is 1. The summed E-state index contributed by atoms with van der Waals surface area (Å²) in [5, 5.41) is 6.46. The molecule has 20 heavy (non-hydrogen) atoms. The van der Waals surface area contributed by atoms with Gasteiger partial charge in [0, 0.05) is 25.6 Å². The van der Waals surface area contributed by atoms with Crippen LogP contribution in [0, 0.1) is 11.8 Å². The second-order valence-corrected chi connectivity index (χ2v) is 6.59. The van der Waals surface area contributed by atoms with E-state index >= 15 is 0 Å². The fraction of sp³-hybridized carbons (Fsp3) is 0.867. The highest BCUT2D eigenvalue weighted by molar-refractivity contribution is 5.83. The van der Waals surface area contributed by atoms with Crippen LogP contribution in [0.5, 0.6) is 0 Å². The summed E-state index contributed by atoms with van der Waals surface area (Å²) in [6.07, 6.45) is 5.31. The van der Waals surface area contributed by atoms with Crippen molar-refractivity contribution in [1.82, 2.24) is 15.5 Å². The average Bonchev–Trinajstić information content (AvgIpc) is 3.06. The standard InChI is InChI=1S/C15H25N3O2/c1-10(9-18-7-3-6-13(18)19)17-15(20)14-12-5-2-4-11(12)8-16-14/h10-12,14,16H,2-9H2,1H3,(H,17,20). The maximum absolute atomic E-state index is 12.4. The van der Waals surface area contributed by atoms with Crippen molar-refractivity contribution in [2.75, 3.05) is 19.6 Å². The molecule has 1 aliphatic carbocycles. The minimum atomic E-state index is -0.0146. The highest BCUT2D eigenvalue weighted by Gasteiger charge is 2.42. The van der Waals surface area contributed by atoms with Crippen molar-refractivity contribution in [2.24, 2.45) is 11.8 Å². The van der Waals surface area contributed by atoms with Gasteiger partial charge in [0.1, 0.15) is 0 Å². The Labute approximate surface area is 120 Å². The molecule has 3 rings (SSSR count). The van der Waals surface area contributed by atoms with E-state index in [2.05, 4.69) is 10.6 Å². The lowest BCUT2D eigenvalue weighted by Gasteiger charge is -2.24. The topological polar surface area (TPSA) is 61.4 Å². The lowest BCUT2D eigenvalue weighted by Crippen LogP contribution is -2.50. The van der Waals surface area contributed by atoms with Crippen molar-refractivity contribution in [3.05, 3.63) is 0 Å². The summed E-state index contributed by atoms with van der Waals surface area (Å²) < 4.78 is 0. The molecule has 4 unspecified atom stereocenters. The van der Waals surface area contributed by atoms with Gasteiger partial charge in [-0.2, -0.15) is 0 Å². The van der Waals surface area contributed by atoms with Crippen LogP contribution in [0.25, 0.3) is 0 Å². The number of amides is 2. The third kappa shape index (κ3) is 2.68. The Hall–Kier alpha value is -1.10. The molecule has 5 nitrogen and oxygen atoms in total. The molecule has 0 bridgehead atoms. The highest BCUT2D eigenvalue weighted by Crippen LogP contribution is 2.37. The summed E-state index contributed by atoms with van der Waals surface area (Å²) in [6.45, 7) is 4.46. The van der Waals surface area contributed by atoms with E-state index in [1.165, 1.54) is 19.3 Å². The fourth-order valence-electron chi connectivity index (χ4n) is 4.08. The van der Waals surface area contributed by atoms with Gasteiger partial charge >= 0.3 is 0 Å². The maximum Gasteiger partial charge on any atom is 0.237 e. The van der Waals surface area contributed by atoms with Crippen molar-refractivity contribution < 1.29 is 9.59 Å². The van der Waals surface area contributed by atoms with Gasteiger partial charge in [0.25, 0.3) is 0 Å². The molecule has 2 N–H and O–H groups in total. The SMILES string of the molecule is CC(CN1CCCC1=O)NC(=O)C1NCC2CCCC21. The number of likely N-dealkylation sites (tertiary alicyclic amines) is 1. The molecule has 4 atom stereocenters. The first-order valence-corrected chi connectivity index (χ1v) is 7.96. The van der Waals surface area contributed by atoms with Crippen molar-refractivity contribution >= 4 is 11.8 Å². The minimum absolute atomic E-state index is 0.0146. The number of nitrogens with one attached hydrogen (secondary N) is 2. The van der Waals surface area contributed by atoms with Crippen molar-refractivity contribution in [3.8, 4) is 0 Å². The Kier molecular flexibility index (Phi) is 3.96. The largest absolute Gasteiger partial charge is 0.351 e. The maximum atomic E-state index is 12.4. The molecule has 2 heterocycles. The van der Waals surface area contributed by atoms with Gasteiger partial charge in [-0.3, -0.25) is 9.59 Å². The van der Waals surface area contributed by atoms with E-state index in [-0.39, 0.29) is 23.9 Å². The molecule has 0 spiro atoms. The predicted octanol–water partition coefficient (Wildman–Crippen LogP) is 0.502. The van der Waals surface area contributed by atoms with Gasteiger partial charge in [-0.15, -0.1) is 0 Å². The van der Waals surface area contributed by atoms with Crippen LogP contribution in [0.3, 0.4) is 0 Å². The Balaban J connectivity index is 1.49. The molecule has 0 radical (unpaired) electrons. The molecule has 0 aromatic heterocycles. The van der Waals surface area contributed by atoms with Gasteiger partial charge < -0.3 is 15.5 Å². The van der Waals surface area contributed by atoms with Crippen LogP contribution in [-0.2, 0) is 9.59 Å². The quantitative estimate of drug-likeness (QED) is 0.788. The Bertz CT molecular complexity index is 399. The first kappa shape index (κ1) is 13.9. The van der Waals surface area contributed by atoms with Gasteiger partial charge in [-0.05, 0) is 44.6 Å². The number of nitrogens with zero attached hydrogens (tertiary/aromatic N) is 1. The van der Waals surface area contributed by atoms with E-state index in [4.69, 9.17) is 0 Å². The monoisotopic (exact) mass is 279 g/mol. The fourth-order valence-corrected chi connectivity index (χ4v) is 4.08. The van der Waals surface area contributed by atoms with Crippen LogP contribution in [0.2, 0.25) is 0 Å². The second kappa shape index (κ2) is 5.72. The molecular formula is C15H25N3O2. The summed E-state index contributed by atoms with van der Waals surface area (Å²) in [7, 11) is 0. The van der Waals surface area contributed by atoms with Crippen molar-refractivity contribution in [1.29, 1.82) is 0 Å². The number of hydrogen-bond donors (Lipinski definition) is 2. The lowest BCUT2D eigenvalue weighted by atomic mass is 9.93. The first-order valence-electron chi connectivity index (χ1n) is 7.96. The number of carbonyl (C=O) groups is 2. The zero-order valence-electron chi connectivity index (χ0n) is 12.2. The predicted molar refractivity (Wildman–Crippen MR) is 76.0 cm³/mol. The molecule has 3 fully saturated rings. The molecule has 2 saturated heterocycles. The third-order valence-electron chi connectivity index (χ3n) is 5.08. The van der Waals surface area contributed by atoms with Crippen molar-refractivity contribution in [3.63, 3.8) is 0 Å². The van der Waals surface area contributed by atoms with E-state index in [1.54, 1.807) is 0 Å². The minimum Gasteiger partial charge on any atom is -0.351 e. The Morgan fingerprint density at radius 1 is 1.45 bits per heavy atom. The van der Waals surface area contributed by atoms with Gasteiger partial charge in [-0.25, -0.2) is 0 Å². The molecule has 0 aromatic carbocycles. The second-order valence-electron chi connectivity index (χ2n) is 6.59. The summed E-state index contributed by atoms with van der Waals surface area (Å²) in [5.74, 6) is 1.57. The molecule has 3 aliphatic rings. The van der Waals surface area contributed by atoms with E-state index in [0.29, 0.717) is 24.8 Å². The Morgan fingerprint density at radius 3 is 3.05 bits per heavy atom. The third-order valence-corrected chi connectivity index (χ3v) is 5.08. The van der Waals surface area contributed by atoms with E-state index in [0.717, 1.165) is 19.5 Å². The molecule has 112 valence electrons. The summed E-state index contributed by atoms with van der Waals surface area (Å²) in [4.78, 5) is 25.8. The van der Waals surface area contributed by atoms with Gasteiger partial charge in [0.2, 0.25) is 11.8 Å². The molecule has 5 heteroatoms. The van der Waals surface area contributed by atoms with Crippen LogP contribution in [0.1, 0.15) is 39.0 Å². The Morgan fingerprint density at radius 2 is 2.30 bits per heavy atom. The first-order chi connectivity index (χ1) is 9.65. The molecule has 2 amide bonds. The van der Waals surface area contributed by atoms with E-state index < -0.39 is 0 Å². The van der Waals surface area contributed by atoms with Gasteiger partial charge in [-0.1, -0.05) is 6.42 Å². The molecule has 2 aliphatic heterocycles. The molecule has 0 aromatic rings. The zero-order valence-corrected chi connectivity index (χ0v) is 12.2. The van der Waals surface area contributed by atoms with Crippen LogP contribution >= 0.6 is 0 Å². The number of carbonyl (C=O) groups excluding carboxylic acids is 2. The molecule has 1 saturated carbocycles. The lowest BCUT2D eigenvalue weighted by molar-refractivity contribution is -0.129. The highest BCUT2D eigenvalue weighted by atomic mass is 16.2. The van der Waals surface area contributed by atoms with E-state index in [9.17, 15) is 9.59 Å². The van der Waals surface area contributed by atoms with Crippen LogP contribution in [-0.4, -0.2) is 48.4 Å². The summed E-state index contributed by atoms with van der Waals surface area (Å²) >= 11 is 0. The van der Waals surface area contributed by atoms with Crippen molar-refractivity contribution in [2.45, 2.75) is 51.1 Å². The number of hydrogen-bond acceptors (Lipinski definition) is 3. The summed E-state index contributed by atoms with van der Waals surface area (Å²) in [5.41, 5.74) is 0. The van der Waals surface area contributed by atoms with Crippen LogP contribution in [0.4, 0.5) is 0 Å². The summed E-state index contributed by atoms with van der Waals surface area (Å²) in [6, 6.07) is 0.0195. The van der Waals surface area contributed by atoms with Crippen LogP contribution in [0.15, 0.2) is 0 Å². The zero-order chi connectivity index (χ0) is 14.1. The van der Waals surface area contributed by atoms with Crippen LogP contribution < -0.4 is 10.6 Å². The van der Waals surface area contributed by atoms with Gasteiger partial charge in [0.15, 0.2) is 0 Å². The molecular weight excluding hydrogens is 254 g/mol. The average molecular weight is 279 g/mol. The van der Waals surface area contributed by atoms with E-state index in [1.807, 2.05) is 11.8 Å². The van der Waals surface area contributed by atoms with Gasteiger partial charge in [0.05, 0.1) is 6.04 Å². The smallest absolute Gasteiger partial charge is 0.237 e. The normalized spacial score (nSPS) is 34.4.